The van der Waals surface area contributed by atoms with E-state index in [0.717, 1.165) is 29.3 Å². The third kappa shape index (κ3) is 3.46. The molecule has 3 nitrogen and oxygen atoms in total. The molecule has 0 aliphatic rings. The van der Waals surface area contributed by atoms with Crippen molar-refractivity contribution in [2.45, 2.75) is 13.5 Å². The van der Waals surface area contributed by atoms with Crippen LogP contribution in [0.2, 0.25) is 0 Å². The molecule has 3 heteroatoms. The number of benzene rings is 4. The van der Waals surface area contributed by atoms with Gasteiger partial charge < -0.3 is 9.30 Å². The zero-order valence-electron chi connectivity index (χ0n) is 16.8. The topological polar surface area (TPSA) is 26.5 Å². The van der Waals surface area contributed by atoms with Crippen LogP contribution in [0.15, 0.2) is 102 Å². The first-order chi connectivity index (χ1) is 14.8. The molecule has 0 spiro atoms. The van der Waals surface area contributed by atoms with E-state index in [1.807, 2.05) is 60.8 Å². The quantitative estimate of drug-likeness (QED) is 0.288. The molecular formula is C27H22N2O. The standard InChI is InChI=1S/C27H22N2O/c1-2-29-26-11-7-6-10-24(26)25-18-21(14-17-27(25)29)28-19-20-12-15-23(16-13-20)30-22-8-4-3-5-9-22/h3-19H,2H2,1H3. The highest BCUT2D eigenvalue weighted by molar-refractivity contribution is 6.09. The van der Waals surface area contributed by atoms with E-state index >= 15 is 0 Å². The fraction of sp³-hybridized carbons (Fsp3) is 0.0741. The number of aliphatic imine (C=N–C) groups is 1. The summed E-state index contributed by atoms with van der Waals surface area (Å²) in [7, 11) is 0. The van der Waals surface area contributed by atoms with Crippen LogP contribution in [0.25, 0.3) is 21.8 Å². The second kappa shape index (κ2) is 7.88. The number of para-hydroxylation sites is 2. The lowest BCUT2D eigenvalue weighted by Gasteiger charge is -2.05. The lowest BCUT2D eigenvalue weighted by Crippen LogP contribution is -1.92. The maximum atomic E-state index is 5.85. The maximum absolute atomic E-state index is 5.85. The number of nitrogens with zero attached hydrogens (tertiary/aromatic N) is 2. The molecule has 0 atom stereocenters. The van der Waals surface area contributed by atoms with Gasteiger partial charge in [0.25, 0.3) is 0 Å². The average Bonchev–Trinajstić information content (AvgIpc) is 3.12. The van der Waals surface area contributed by atoms with E-state index in [2.05, 4.69) is 54.0 Å². The van der Waals surface area contributed by atoms with E-state index in [-0.39, 0.29) is 0 Å². The third-order valence-corrected chi connectivity index (χ3v) is 5.29. The number of aromatic nitrogens is 1. The molecule has 0 N–H and O–H groups in total. The van der Waals surface area contributed by atoms with Gasteiger partial charge in [-0.2, -0.15) is 0 Å². The predicted molar refractivity (Wildman–Crippen MR) is 125 cm³/mol. The van der Waals surface area contributed by atoms with Crippen molar-refractivity contribution in [2.75, 3.05) is 0 Å². The highest BCUT2D eigenvalue weighted by atomic mass is 16.5. The molecule has 0 saturated carbocycles. The Balaban J connectivity index is 1.40. The van der Waals surface area contributed by atoms with Gasteiger partial charge >= 0.3 is 0 Å². The monoisotopic (exact) mass is 390 g/mol. The Kier molecular flexibility index (Phi) is 4.78. The lowest BCUT2D eigenvalue weighted by molar-refractivity contribution is 0.482. The van der Waals surface area contributed by atoms with E-state index in [4.69, 9.17) is 9.73 Å². The Morgan fingerprint density at radius 1 is 0.733 bits per heavy atom. The molecule has 1 heterocycles. The van der Waals surface area contributed by atoms with E-state index in [9.17, 15) is 0 Å². The average molecular weight is 390 g/mol. The van der Waals surface area contributed by atoms with E-state index in [1.165, 1.54) is 21.8 Å². The van der Waals surface area contributed by atoms with E-state index < -0.39 is 0 Å². The lowest BCUT2D eigenvalue weighted by atomic mass is 10.1. The van der Waals surface area contributed by atoms with Gasteiger partial charge in [-0.15, -0.1) is 0 Å². The van der Waals surface area contributed by atoms with Crippen LogP contribution in [0.1, 0.15) is 12.5 Å². The first-order valence-corrected chi connectivity index (χ1v) is 10.2. The molecule has 0 aliphatic heterocycles. The molecule has 146 valence electrons. The number of rotatable bonds is 5. The molecule has 30 heavy (non-hydrogen) atoms. The SMILES string of the molecule is CCn1c2ccccc2c2cc(N=Cc3ccc(Oc4ccccc4)cc3)ccc21. The zero-order chi connectivity index (χ0) is 20.3. The number of ether oxygens (including phenoxy) is 1. The highest BCUT2D eigenvalue weighted by Crippen LogP contribution is 2.31. The summed E-state index contributed by atoms with van der Waals surface area (Å²) in [5.41, 5.74) is 4.50. The molecule has 5 rings (SSSR count). The largest absolute Gasteiger partial charge is 0.457 e. The molecule has 0 fully saturated rings. The molecule has 0 aliphatic carbocycles. The van der Waals surface area contributed by atoms with Gasteiger partial charge in [-0.3, -0.25) is 4.99 Å². The predicted octanol–water partition coefficient (Wildman–Crippen LogP) is 7.36. The van der Waals surface area contributed by atoms with Crippen molar-refractivity contribution in [3.05, 3.63) is 103 Å². The van der Waals surface area contributed by atoms with Gasteiger partial charge in [0.05, 0.1) is 5.69 Å². The summed E-state index contributed by atoms with van der Waals surface area (Å²) in [6.45, 7) is 3.13. The zero-order valence-corrected chi connectivity index (χ0v) is 16.8. The molecule has 1 aromatic heterocycles. The Morgan fingerprint density at radius 3 is 2.23 bits per heavy atom. The Bertz CT molecular complexity index is 1330. The fourth-order valence-corrected chi connectivity index (χ4v) is 3.86. The van der Waals surface area contributed by atoms with Crippen molar-refractivity contribution in [3.8, 4) is 11.5 Å². The van der Waals surface area contributed by atoms with Gasteiger partial charge in [-0.05, 0) is 73.2 Å². The van der Waals surface area contributed by atoms with Crippen LogP contribution < -0.4 is 4.74 Å². The molecule has 4 aromatic carbocycles. The number of fused-ring (bicyclic) bond motifs is 3. The van der Waals surface area contributed by atoms with Crippen molar-refractivity contribution in [2.24, 2.45) is 4.99 Å². The van der Waals surface area contributed by atoms with Gasteiger partial charge in [0.15, 0.2) is 0 Å². The second-order valence-corrected chi connectivity index (χ2v) is 7.21. The molecule has 0 saturated heterocycles. The summed E-state index contributed by atoms with van der Waals surface area (Å²) in [4.78, 5) is 4.71. The Morgan fingerprint density at radius 2 is 1.43 bits per heavy atom. The van der Waals surface area contributed by atoms with Crippen molar-refractivity contribution >= 4 is 33.7 Å². The van der Waals surface area contributed by atoms with Crippen LogP contribution in [0.3, 0.4) is 0 Å². The molecule has 0 bridgehead atoms. The molecule has 5 aromatic rings. The normalized spacial score (nSPS) is 11.5. The first kappa shape index (κ1) is 18.2. The summed E-state index contributed by atoms with van der Waals surface area (Å²) in [5.74, 6) is 1.64. The van der Waals surface area contributed by atoms with Gasteiger partial charge in [-0.25, -0.2) is 0 Å². The maximum Gasteiger partial charge on any atom is 0.127 e. The Labute approximate surface area is 175 Å². The first-order valence-electron chi connectivity index (χ1n) is 10.2. The van der Waals surface area contributed by atoms with Crippen LogP contribution in [0, 0.1) is 0 Å². The molecular weight excluding hydrogens is 368 g/mol. The summed E-state index contributed by atoms with van der Waals surface area (Å²) in [6.07, 6.45) is 1.90. The van der Waals surface area contributed by atoms with Crippen molar-refractivity contribution in [3.63, 3.8) is 0 Å². The minimum absolute atomic E-state index is 0.812. The van der Waals surface area contributed by atoms with Crippen LogP contribution in [0.4, 0.5) is 5.69 Å². The third-order valence-electron chi connectivity index (χ3n) is 5.29. The van der Waals surface area contributed by atoms with E-state index in [0.29, 0.717) is 0 Å². The fourth-order valence-electron chi connectivity index (χ4n) is 3.86. The van der Waals surface area contributed by atoms with Gasteiger partial charge in [0.1, 0.15) is 11.5 Å². The number of hydrogen-bond donors (Lipinski definition) is 0. The van der Waals surface area contributed by atoms with Crippen LogP contribution in [-0.2, 0) is 6.54 Å². The summed E-state index contributed by atoms with van der Waals surface area (Å²) in [6, 6.07) is 32.7. The molecule has 0 amide bonds. The van der Waals surface area contributed by atoms with Gasteiger partial charge in [0, 0.05) is 34.6 Å². The smallest absolute Gasteiger partial charge is 0.127 e. The van der Waals surface area contributed by atoms with Crippen LogP contribution in [-0.4, -0.2) is 10.8 Å². The van der Waals surface area contributed by atoms with E-state index in [1.54, 1.807) is 0 Å². The van der Waals surface area contributed by atoms with Crippen molar-refractivity contribution in [1.29, 1.82) is 0 Å². The Hall–Kier alpha value is -3.85. The van der Waals surface area contributed by atoms with Crippen LogP contribution >= 0.6 is 0 Å². The number of hydrogen-bond acceptors (Lipinski definition) is 2. The van der Waals surface area contributed by atoms with Crippen molar-refractivity contribution < 1.29 is 4.74 Å². The molecule has 0 radical (unpaired) electrons. The van der Waals surface area contributed by atoms with Crippen LogP contribution in [0.5, 0.6) is 11.5 Å². The summed E-state index contributed by atoms with van der Waals surface area (Å²) >= 11 is 0. The van der Waals surface area contributed by atoms with Crippen molar-refractivity contribution in [1.82, 2.24) is 4.57 Å². The number of aryl methyl sites for hydroxylation is 1. The van der Waals surface area contributed by atoms with Gasteiger partial charge in [-0.1, -0.05) is 36.4 Å². The summed E-state index contributed by atoms with van der Waals surface area (Å²) in [5, 5.41) is 2.52. The minimum Gasteiger partial charge on any atom is -0.457 e. The summed E-state index contributed by atoms with van der Waals surface area (Å²) < 4.78 is 8.20. The van der Waals surface area contributed by atoms with Gasteiger partial charge in [0.2, 0.25) is 0 Å². The molecule has 0 unspecified atom stereocenters. The second-order valence-electron chi connectivity index (χ2n) is 7.21. The minimum atomic E-state index is 0.812. The highest BCUT2D eigenvalue weighted by Gasteiger charge is 2.09.